The van der Waals surface area contributed by atoms with Gasteiger partial charge in [0, 0.05) is 62.2 Å². The number of anilines is 1. The predicted octanol–water partition coefficient (Wildman–Crippen LogP) is 3.77. The molecule has 4 heterocycles. The lowest BCUT2D eigenvalue weighted by atomic mass is 9.81. The number of likely N-dealkylation sites (tertiary alicyclic amines) is 2. The Morgan fingerprint density at radius 2 is 1.94 bits per heavy atom. The largest absolute Gasteiger partial charge is 0.342 e. The lowest BCUT2D eigenvalue weighted by molar-refractivity contribution is -0.135. The van der Waals surface area contributed by atoms with Crippen LogP contribution in [0.2, 0.25) is 9.36 Å². The average Bonchev–Trinajstić information content (AvgIpc) is 3.45. The summed E-state index contributed by atoms with van der Waals surface area (Å²) in [7, 11) is 0. The Kier molecular flexibility index (Phi) is 6.33. The normalized spacial score (nSPS) is 21.8. The van der Waals surface area contributed by atoms with Gasteiger partial charge in [-0.1, -0.05) is 23.2 Å². The highest BCUT2D eigenvalue weighted by Crippen LogP contribution is 2.47. The Morgan fingerprint density at radius 1 is 1.15 bits per heavy atom. The van der Waals surface area contributed by atoms with Crippen LogP contribution in [0.4, 0.5) is 5.69 Å². The maximum Gasteiger partial charge on any atom is 0.233 e. The van der Waals surface area contributed by atoms with E-state index in [1.807, 2.05) is 26.8 Å². The van der Waals surface area contributed by atoms with Gasteiger partial charge in [-0.25, -0.2) is 4.98 Å². The molecule has 2 saturated heterocycles. The van der Waals surface area contributed by atoms with Crippen molar-refractivity contribution in [2.75, 3.05) is 37.6 Å². The molecule has 10 heteroatoms. The third kappa shape index (κ3) is 4.43. The first-order chi connectivity index (χ1) is 16.2. The van der Waals surface area contributed by atoms with Crippen molar-refractivity contribution in [3.8, 4) is 0 Å². The quantitative estimate of drug-likeness (QED) is 0.601. The fraction of sp³-hybridized carbons (Fsp3) is 0.500. The number of amides is 3. The van der Waals surface area contributed by atoms with Gasteiger partial charge in [-0.3, -0.25) is 14.4 Å². The van der Waals surface area contributed by atoms with Crippen LogP contribution in [0.15, 0.2) is 24.4 Å². The Morgan fingerprint density at radius 3 is 2.65 bits per heavy atom. The molecule has 2 fully saturated rings. The van der Waals surface area contributed by atoms with E-state index in [0.717, 1.165) is 37.2 Å². The summed E-state index contributed by atoms with van der Waals surface area (Å²) in [5.41, 5.74) is 1.59. The van der Waals surface area contributed by atoms with E-state index < -0.39 is 0 Å². The Balaban J connectivity index is 1.27. The summed E-state index contributed by atoms with van der Waals surface area (Å²) in [6.45, 7) is 4.85. The molecule has 0 aliphatic carbocycles. The summed E-state index contributed by atoms with van der Waals surface area (Å²) >= 11 is 13.7. The highest BCUT2D eigenvalue weighted by Gasteiger charge is 2.49. The van der Waals surface area contributed by atoms with Crippen molar-refractivity contribution in [1.82, 2.24) is 14.8 Å². The van der Waals surface area contributed by atoms with Gasteiger partial charge >= 0.3 is 0 Å². The molecule has 3 aliphatic rings. The predicted molar refractivity (Wildman–Crippen MR) is 132 cm³/mol. The summed E-state index contributed by atoms with van der Waals surface area (Å²) in [5, 5.41) is 1.32. The van der Waals surface area contributed by atoms with E-state index in [1.165, 1.54) is 11.3 Å². The Hall–Kier alpha value is -2.16. The van der Waals surface area contributed by atoms with Gasteiger partial charge in [-0.15, -0.1) is 11.3 Å². The standard InChI is InChI=1S/C24H26Cl2N4O3S/c1-15(31)29-11-16(12-29)2-5-22(32)28-7-6-24(13-28)14-30(19-4-3-17(25)8-18(19)24)23(33)9-21-27-10-20(26)34-21/h3-4,8,10,16H,2,5-7,9,11-14H2,1H3. The molecule has 180 valence electrons. The number of carbonyl (C=O) groups is 3. The molecule has 34 heavy (non-hydrogen) atoms. The number of nitrogens with zero attached hydrogens (tertiary/aromatic N) is 4. The SMILES string of the molecule is CC(=O)N1CC(CCC(=O)N2CCC3(C2)CN(C(=O)Cc2ncc(Cl)s2)c2ccc(Cl)cc23)C1. The zero-order valence-electron chi connectivity index (χ0n) is 18.9. The molecule has 5 rings (SSSR count). The van der Waals surface area contributed by atoms with Crippen molar-refractivity contribution in [3.63, 3.8) is 0 Å². The Labute approximate surface area is 212 Å². The lowest BCUT2D eigenvalue weighted by Gasteiger charge is -2.38. The summed E-state index contributed by atoms with van der Waals surface area (Å²) in [6.07, 6.45) is 3.84. The second-order valence-electron chi connectivity index (χ2n) is 9.55. The number of thiazole rings is 1. The van der Waals surface area contributed by atoms with Crippen LogP contribution in [-0.4, -0.2) is 65.2 Å². The second kappa shape index (κ2) is 9.13. The van der Waals surface area contributed by atoms with E-state index in [-0.39, 0.29) is 29.6 Å². The van der Waals surface area contributed by atoms with E-state index in [2.05, 4.69) is 4.98 Å². The zero-order valence-corrected chi connectivity index (χ0v) is 21.3. The average molecular weight is 521 g/mol. The van der Waals surface area contributed by atoms with E-state index in [1.54, 1.807) is 19.2 Å². The van der Waals surface area contributed by atoms with Crippen molar-refractivity contribution in [1.29, 1.82) is 0 Å². The second-order valence-corrected chi connectivity index (χ2v) is 11.7. The van der Waals surface area contributed by atoms with Crippen LogP contribution < -0.4 is 4.90 Å². The number of halogens is 2. The monoisotopic (exact) mass is 520 g/mol. The molecule has 2 aromatic rings. The zero-order chi connectivity index (χ0) is 24.0. The van der Waals surface area contributed by atoms with Crippen molar-refractivity contribution in [3.05, 3.63) is 44.3 Å². The van der Waals surface area contributed by atoms with E-state index >= 15 is 0 Å². The molecule has 0 saturated carbocycles. The van der Waals surface area contributed by atoms with Gasteiger partial charge in [-0.05, 0) is 42.5 Å². The number of fused-ring (bicyclic) bond motifs is 2. The first-order valence-corrected chi connectivity index (χ1v) is 13.1. The minimum Gasteiger partial charge on any atom is -0.342 e. The highest BCUT2D eigenvalue weighted by atomic mass is 35.5. The molecule has 1 atom stereocenters. The molecule has 3 aliphatic heterocycles. The van der Waals surface area contributed by atoms with Gasteiger partial charge in [0.15, 0.2) is 0 Å². The molecule has 1 aromatic carbocycles. The number of hydrogen-bond donors (Lipinski definition) is 0. The van der Waals surface area contributed by atoms with Crippen molar-refractivity contribution < 1.29 is 14.4 Å². The van der Waals surface area contributed by atoms with Crippen LogP contribution in [0.1, 0.15) is 36.8 Å². The fourth-order valence-electron chi connectivity index (χ4n) is 5.39. The number of hydrogen-bond acceptors (Lipinski definition) is 5. The number of benzene rings is 1. The molecule has 7 nitrogen and oxygen atoms in total. The Bertz CT molecular complexity index is 1150. The maximum atomic E-state index is 13.2. The third-order valence-corrected chi connectivity index (χ3v) is 8.64. The molecule has 1 unspecified atom stereocenters. The number of carbonyl (C=O) groups excluding carboxylic acids is 3. The third-order valence-electron chi connectivity index (χ3n) is 7.29. The fourth-order valence-corrected chi connectivity index (χ4v) is 6.51. The van der Waals surface area contributed by atoms with Crippen LogP contribution >= 0.6 is 34.5 Å². The van der Waals surface area contributed by atoms with Crippen LogP contribution in [0.5, 0.6) is 0 Å². The van der Waals surface area contributed by atoms with Gasteiger partial charge < -0.3 is 14.7 Å². The minimum atomic E-state index is -0.312. The van der Waals surface area contributed by atoms with Crippen LogP contribution in [-0.2, 0) is 26.2 Å². The van der Waals surface area contributed by atoms with Gasteiger partial charge in [-0.2, -0.15) is 0 Å². The van der Waals surface area contributed by atoms with Gasteiger partial charge in [0.1, 0.15) is 9.34 Å². The first-order valence-electron chi connectivity index (χ1n) is 11.5. The number of rotatable bonds is 5. The van der Waals surface area contributed by atoms with Crippen LogP contribution in [0.3, 0.4) is 0 Å². The molecule has 0 bridgehead atoms. The van der Waals surface area contributed by atoms with Crippen LogP contribution in [0.25, 0.3) is 0 Å². The van der Waals surface area contributed by atoms with Crippen molar-refractivity contribution in [2.45, 2.75) is 38.0 Å². The van der Waals surface area contributed by atoms with Gasteiger partial charge in [0.05, 0.1) is 12.6 Å². The molecule has 1 spiro atoms. The molecule has 0 radical (unpaired) electrons. The van der Waals surface area contributed by atoms with E-state index in [4.69, 9.17) is 23.2 Å². The summed E-state index contributed by atoms with van der Waals surface area (Å²) in [5.74, 6) is 0.614. The first kappa shape index (κ1) is 23.6. The molecule has 0 N–H and O–H groups in total. The van der Waals surface area contributed by atoms with Crippen molar-refractivity contribution >= 4 is 57.9 Å². The molecule has 3 amide bonds. The number of aromatic nitrogens is 1. The highest BCUT2D eigenvalue weighted by molar-refractivity contribution is 7.15. The summed E-state index contributed by atoms with van der Waals surface area (Å²) in [6, 6.07) is 5.66. The molecular weight excluding hydrogens is 495 g/mol. The van der Waals surface area contributed by atoms with E-state index in [0.29, 0.717) is 46.3 Å². The smallest absolute Gasteiger partial charge is 0.233 e. The van der Waals surface area contributed by atoms with Gasteiger partial charge in [0.25, 0.3) is 0 Å². The molecule has 1 aromatic heterocycles. The molecular formula is C24H26Cl2N4O3S. The minimum absolute atomic E-state index is 0.0313. The van der Waals surface area contributed by atoms with Gasteiger partial charge in [0.2, 0.25) is 17.7 Å². The topological polar surface area (TPSA) is 73.8 Å². The van der Waals surface area contributed by atoms with E-state index in [9.17, 15) is 14.4 Å². The maximum absolute atomic E-state index is 13.2. The summed E-state index contributed by atoms with van der Waals surface area (Å²) < 4.78 is 0.564. The summed E-state index contributed by atoms with van der Waals surface area (Å²) in [4.78, 5) is 47.4. The van der Waals surface area contributed by atoms with Crippen LogP contribution in [0, 0.1) is 5.92 Å². The lowest BCUT2D eigenvalue weighted by Crippen LogP contribution is -2.49. The van der Waals surface area contributed by atoms with Crippen molar-refractivity contribution in [2.24, 2.45) is 5.92 Å².